The van der Waals surface area contributed by atoms with Crippen LogP contribution >= 0.6 is 7.14 Å². The van der Waals surface area contributed by atoms with E-state index in [1.54, 1.807) is 36.4 Å². The van der Waals surface area contributed by atoms with Crippen molar-refractivity contribution in [3.63, 3.8) is 0 Å². The molecule has 0 aliphatic heterocycles. The van der Waals surface area contributed by atoms with Gasteiger partial charge in [-0.25, -0.2) is 0 Å². The van der Waals surface area contributed by atoms with E-state index in [2.05, 4.69) is 0 Å². The molecule has 0 unspecified atom stereocenters. The molecule has 0 fully saturated rings. The molecule has 0 saturated carbocycles. The van der Waals surface area contributed by atoms with Crippen molar-refractivity contribution in [2.24, 2.45) is 0 Å². The van der Waals surface area contributed by atoms with Crippen molar-refractivity contribution in [3.8, 4) is 11.5 Å². The fourth-order valence-corrected chi connectivity index (χ4v) is 3.79. The van der Waals surface area contributed by atoms with Crippen molar-refractivity contribution in [3.05, 3.63) is 60.7 Å². The Morgan fingerprint density at radius 3 is 1.55 bits per heavy atom. The Morgan fingerprint density at radius 1 is 0.800 bits per heavy atom. The second kappa shape index (κ2) is 5.60. The molecule has 0 heterocycles. The van der Waals surface area contributed by atoms with E-state index < -0.39 is 14.1 Å². The van der Waals surface area contributed by atoms with Crippen molar-refractivity contribution in [2.45, 2.75) is 0 Å². The highest BCUT2D eigenvalue weighted by Crippen LogP contribution is 2.42. The highest BCUT2D eigenvalue weighted by Gasteiger charge is 2.26. The summed E-state index contributed by atoms with van der Waals surface area (Å²) < 4.78 is 50.2. The largest absolute Gasteiger partial charge is 0.558 e. The SMILES string of the molecule is O=P(C#C[B-](F)(F)F)(c1ccccc1)c1ccccc1. The van der Waals surface area contributed by atoms with Crippen LogP contribution < -0.4 is 10.6 Å². The van der Waals surface area contributed by atoms with Gasteiger partial charge in [0.1, 0.15) is 0 Å². The van der Waals surface area contributed by atoms with Gasteiger partial charge in [-0.1, -0.05) is 66.3 Å². The van der Waals surface area contributed by atoms with Crippen molar-refractivity contribution < 1.29 is 17.5 Å². The van der Waals surface area contributed by atoms with Crippen LogP contribution in [0.1, 0.15) is 0 Å². The lowest BCUT2D eigenvalue weighted by Crippen LogP contribution is -2.16. The molecule has 0 atom stereocenters. The Bertz CT molecular complexity index is 644. The number of rotatable bonds is 2. The summed E-state index contributed by atoms with van der Waals surface area (Å²) in [5.74, 6) is 1.21. The second-order valence-electron chi connectivity index (χ2n) is 4.11. The first kappa shape index (κ1) is 14.5. The van der Waals surface area contributed by atoms with Crippen LogP contribution in [0.3, 0.4) is 0 Å². The maximum Gasteiger partial charge on any atom is 0.558 e. The highest BCUT2D eigenvalue weighted by atomic mass is 31.2. The van der Waals surface area contributed by atoms with Crippen molar-refractivity contribution in [2.75, 3.05) is 0 Å². The molecule has 2 rings (SSSR count). The molecular weight excluding hydrogens is 283 g/mol. The molecule has 0 aromatic heterocycles. The van der Waals surface area contributed by atoms with Gasteiger partial charge in [-0.15, -0.1) is 0 Å². The summed E-state index contributed by atoms with van der Waals surface area (Å²) in [7, 11) is -3.59. The maximum absolute atomic E-state index is 13.0. The zero-order chi connectivity index (χ0) is 14.6. The quantitative estimate of drug-likeness (QED) is 0.471. The minimum absolute atomic E-state index is 0.304. The van der Waals surface area contributed by atoms with E-state index in [4.69, 9.17) is 0 Å². The number of hydrogen-bond acceptors (Lipinski definition) is 1. The van der Waals surface area contributed by atoms with Crippen LogP contribution in [0.4, 0.5) is 12.9 Å². The molecule has 0 aliphatic rings. The molecule has 102 valence electrons. The number of halogens is 3. The van der Waals surface area contributed by atoms with Gasteiger partial charge >= 0.3 is 6.98 Å². The van der Waals surface area contributed by atoms with Gasteiger partial charge in [-0.2, -0.15) is 5.82 Å². The van der Waals surface area contributed by atoms with Gasteiger partial charge in [0.25, 0.3) is 0 Å². The van der Waals surface area contributed by atoms with Gasteiger partial charge in [-0.3, -0.25) is 4.57 Å². The predicted octanol–water partition coefficient (Wildman–Crippen LogP) is 3.35. The minimum atomic E-state index is -5.30. The predicted molar refractivity (Wildman–Crippen MR) is 76.6 cm³/mol. The molecule has 6 heteroatoms. The standard InChI is InChI=1S/C14H10BF3OP/c16-15(17,18)11-12-20(19,13-7-3-1-4-8-13)14-9-5-2-6-10-14/h1-10H/q-1. The summed E-state index contributed by atoms with van der Waals surface area (Å²) in [5, 5.41) is 0.609. The summed E-state index contributed by atoms with van der Waals surface area (Å²) in [6.07, 6.45) is 0. The van der Waals surface area contributed by atoms with Crippen LogP contribution in [-0.2, 0) is 4.57 Å². The van der Waals surface area contributed by atoms with Crippen LogP contribution in [-0.4, -0.2) is 6.98 Å². The lowest BCUT2D eigenvalue weighted by atomic mass is 9.95. The van der Waals surface area contributed by atoms with E-state index in [9.17, 15) is 17.5 Å². The molecule has 0 amide bonds. The third-order valence-corrected chi connectivity index (χ3v) is 5.12. The Kier molecular flexibility index (Phi) is 4.06. The van der Waals surface area contributed by atoms with E-state index in [1.165, 1.54) is 30.1 Å². The molecule has 0 bridgehead atoms. The third-order valence-electron chi connectivity index (χ3n) is 2.63. The fourth-order valence-electron chi connectivity index (χ4n) is 1.72. The highest BCUT2D eigenvalue weighted by molar-refractivity contribution is 7.83. The molecule has 2 aromatic rings. The summed E-state index contributed by atoms with van der Waals surface area (Å²) in [6, 6.07) is 16.1. The lowest BCUT2D eigenvalue weighted by Gasteiger charge is -2.14. The zero-order valence-corrected chi connectivity index (χ0v) is 11.2. The minimum Gasteiger partial charge on any atom is -0.438 e. The molecule has 0 saturated heterocycles. The Balaban J connectivity index is 2.61. The number of benzene rings is 2. The van der Waals surface area contributed by atoms with Gasteiger partial charge in [0.15, 0.2) is 0 Å². The van der Waals surface area contributed by atoms with Gasteiger partial charge < -0.3 is 12.9 Å². The molecule has 1 nitrogen and oxygen atoms in total. The van der Waals surface area contributed by atoms with Gasteiger partial charge in [-0.05, 0) is 0 Å². The average molecular weight is 293 g/mol. The smallest absolute Gasteiger partial charge is 0.438 e. The fraction of sp³-hybridized carbons (Fsp3) is 0. The molecule has 0 N–H and O–H groups in total. The summed E-state index contributed by atoms with van der Waals surface area (Å²) in [5.41, 5.74) is 1.98. The topological polar surface area (TPSA) is 17.1 Å². The third kappa shape index (κ3) is 3.34. The van der Waals surface area contributed by atoms with Gasteiger partial charge in [0.2, 0.25) is 7.14 Å². The normalized spacial score (nSPS) is 11.6. The van der Waals surface area contributed by atoms with E-state index in [-0.39, 0.29) is 0 Å². The van der Waals surface area contributed by atoms with Crippen molar-refractivity contribution in [1.29, 1.82) is 0 Å². The molecule has 20 heavy (non-hydrogen) atoms. The summed E-state index contributed by atoms with van der Waals surface area (Å²) in [6.45, 7) is -5.30. The molecule has 0 aliphatic carbocycles. The molecule has 0 radical (unpaired) electrons. The Morgan fingerprint density at radius 2 is 1.20 bits per heavy atom. The van der Waals surface area contributed by atoms with Gasteiger partial charge in [0.05, 0.1) is 0 Å². The van der Waals surface area contributed by atoms with E-state index in [0.29, 0.717) is 10.6 Å². The lowest BCUT2D eigenvalue weighted by molar-refractivity contribution is 0.504. The monoisotopic (exact) mass is 293 g/mol. The second-order valence-corrected chi connectivity index (χ2v) is 6.59. The first-order chi connectivity index (χ1) is 9.42. The first-order valence-corrected chi connectivity index (χ1v) is 7.57. The molecule has 2 aromatic carbocycles. The van der Waals surface area contributed by atoms with E-state index >= 15 is 0 Å². The van der Waals surface area contributed by atoms with Crippen LogP contribution in [0, 0.1) is 11.5 Å². The van der Waals surface area contributed by atoms with Crippen LogP contribution in [0.25, 0.3) is 0 Å². The summed E-state index contributed by atoms with van der Waals surface area (Å²) in [4.78, 5) is 0. The molecular formula is C14H10BF3OP-. The van der Waals surface area contributed by atoms with E-state index in [1.807, 2.05) is 5.66 Å². The average Bonchev–Trinajstić information content (AvgIpc) is 2.46. The molecule has 0 spiro atoms. The zero-order valence-electron chi connectivity index (χ0n) is 10.3. The number of hydrogen-bond donors (Lipinski definition) is 0. The van der Waals surface area contributed by atoms with Crippen LogP contribution in [0.2, 0.25) is 0 Å². The van der Waals surface area contributed by atoms with E-state index in [0.717, 1.165) is 0 Å². The van der Waals surface area contributed by atoms with Crippen molar-refractivity contribution >= 4 is 24.7 Å². The Hall–Kier alpha value is -1.92. The Labute approximate surface area is 115 Å². The first-order valence-electron chi connectivity index (χ1n) is 5.87. The summed E-state index contributed by atoms with van der Waals surface area (Å²) >= 11 is 0. The maximum atomic E-state index is 13.0. The van der Waals surface area contributed by atoms with Crippen molar-refractivity contribution in [1.82, 2.24) is 0 Å². The van der Waals surface area contributed by atoms with Crippen LogP contribution in [0.15, 0.2) is 60.7 Å². The van der Waals surface area contributed by atoms with Gasteiger partial charge in [0, 0.05) is 10.6 Å². The van der Waals surface area contributed by atoms with Crippen LogP contribution in [0.5, 0.6) is 0 Å².